The molecule has 1 unspecified atom stereocenters. The molecule has 1 atom stereocenters. The number of nitrogens with zero attached hydrogens (tertiary/aromatic N) is 4. The normalized spacial score (nSPS) is 14.4. The number of aromatic nitrogens is 2. The lowest BCUT2D eigenvalue weighted by molar-refractivity contribution is -0.136. The van der Waals surface area contributed by atoms with Crippen molar-refractivity contribution in [1.82, 2.24) is 14.9 Å². The molecule has 25 heavy (non-hydrogen) atoms. The molecule has 1 aromatic carbocycles. The molecule has 0 radical (unpaired) electrons. The molecule has 2 heterocycles. The summed E-state index contributed by atoms with van der Waals surface area (Å²) in [4.78, 5) is 23.2. The second kappa shape index (κ2) is 7.31. The Bertz CT molecular complexity index is 827. The zero-order valence-electron chi connectivity index (χ0n) is 14.5. The summed E-state index contributed by atoms with van der Waals surface area (Å²) >= 11 is 0. The van der Waals surface area contributed by atoms with Gasteiger partial charge in [0.25, 0.3) is 0 Å². The summed E-state index contributed by atoms with van der Waals surface area (Å²) in [7, 11) is 0. The van der Waals surface area contributed by atoms with Gasteiger partial charge in [-0.2, -0.15) is 5.26 Å². The number of fused-ring (bicyclic) bond motifs is 1. The first-order valence-corrected chi connectivity index (χ1v) is 8.51. The van der Waals surface area contributed by atoms with Crippen molar-refractivity contribution in [2.45, 2.75) is 33.2 Å². The highest BCUT2D eigenvalue weighted by molar-refractivity contribution is 5.78. The van der Waals surface area contributed by atoms with E-state index in [1.165, 1.54) is 0 Å². The molecule has 0 aliphatic carbocycles. The van der Waals surface area contributed by atoms with E-state index >= 15 is 0 Å². The van der Waals surface area contributed by atoms with E-state index in [1.807, 2.05) is 30.9 Å². The van der Waals surface area contributed by atoms with Gasteiger partial charge in [-0.15, -0.1) is 0 Å². The highest BCUT2D eigenvalue weighted by atomic mass is 16.2. The summed E-state index contributed by atoms with van der Waals surface area (Å²) in [5.41, 5.74) is 3.34. The highest BCUT2D eigenvalue weighted by Crippen LogP contribution is 2.21. The van der Waals surface area contributed by atoms with Crippen LogP contribution in [-0.4, -0.2) is 27.3 Å². The number of nitrogens with one attached hydrogen (secondary N) is 1. The summed E-state index contributed by atoms with van der Waals surface area (Å²) < 4.78 is 0. The van der Waals surface area contributed by atoms with Gasteiger partial charge in [0, 0.05) is 42.9 Å². The van der Waals surface area contributed by atoms with Gasteiger partial charge in [0.05, 0.1) is 17.3 Å². The first kappa shape index (κ1) is 16.9. The van der Waals surface area contributed by atoms with E-state index in [4.69, 9.17) is 5.26 Å². The Kier molecular flexibility index (Phi) is 4.94. The maximum Gasteiger partial charge on any atom is 0.227 e. The van der Waals surface area contributed by atoms with E-state index in [1.54, 1.807) is 18.3 Å². The molecule has 1 aromatic heterocycles. The van der Waals surface area contributed by atoms with Gasteiger partial charge >= 0.3 is 0 Å². The minimum Gasteiger partial charge on any atom is -0.338 e. The van der Waals surface area contributed by atoms with Crippen molar-refractivity contribution in [3.8, 4) is 6.07 Å². The van der Waals surface area contributed by atoms with Crippen LogP contribution in [0.4, 0.5) is 11.6 Å². The van der Waals surface area contributed by atoms with Crippen LogP contribution in [0.5, 0.6) is 0 Å². The number of hydrogen-bond acceptors (Lipinski definition) is 5. The zero-order valence-corrected chi connectivity index (χ0v) is 14.5. The fourth-order valence-corrected chi connectivity index (χ4v) is 2.85. The minimum absolute atomic E-state index is 0.0517. The highest BCUT2D eigenvalue weighted by Gasteiger charge is 2.24. The summed E-state index contributed by atoms with van der Waals surface area (Å²) in [5.74, 6) is 0.759. The summed E-state index contributed by atoms with van der Waals surface area (Å²) in [6, 6.07) is 9.31. The third-order valence-corrected chi connectivity index (χ3v) is 4.53. The molecule has 0 saturated carbocycles. The number of amides is 1. The first-order chi connectivity index (χ1) is 12.1. The van der Waals surface area contributed by atoms with Crippen LogP contribution in [0.25, 0.3) is 0 Å². The quantitative estimate of drug-likeness (QED) is 0.929. The summed E-state index contributed by atoms with van der Waals surface area (Å²) in [6.45, 7) is 5.26. The van der Waals surface area contributed by atoms with Gasteiger partial charge in [-0.25, -0.2) is 9.97 Å². The number of nitriles is 1. The van der Waals surface area contributed by atoms with Gasteiger partial charge in [0.2, 0.25) is 11.9 Å². The second-order valence-corrected chi connectivity index (χ2v) is 6.30. The third kappa shape index (κ3) is 3.77. The van der Waals surface area contributed by atoms with Crippen molar-refractivity contribution in [2.75, 3.05) is 11.9 Å². The van der Waals surface area contributed by atoms with Crippen molar-refractivity contribution in [3.05, 3.63) is 47.3 Å². The van der Waals surface area contributed by atoms with Crippen molar-refractivity contribution in [3.63, 3.8) is 0 Å². The molecule has 3 rings (SSSR count). The zero-order chi connectivity index (χ0) is 17.8. The number of carbonyl (C=O) groups excluding carboxylic acids is 1. The standard InChI is InChI=1S/C19H21N5O/c1-3-13(2)18(25)24-8-7-17-15(12-24)11-21-19(23-17)22-16-6-4-5-14(9-16)10-20/h4-6,9,11,13H,3,7-8,12H2,1-2H3,(H,21,22,23). The largest absolute Gasteiger partial charge is 0.338 e. The van der Waals surface area contributed by atoms with Crippen molar-refractivity contribution >= 4 is 17.5 Å². The van der Waals surface area contributed by atoms with E-state index in [9.17, 15) is 4.79 Å². The Morgan fingerprint density at radius 1 is 1.48 bits per heavy atom. The molecule has 1 aliphatic heterocycles. The van der Waals surface area contributed by atoms with Crippen molar-refractivity contribution < 1.29 is 4.79 Å². The molecule has 1 aliphatic rings. The predicted molar refractivity (Wildman–Crippen MR) is 95.0 cm³/mol. The Morgan fingerprint density at radius 2 is 2.32 bits per heavy atom. The smallest absolute Gasteiger partial charge is 0.227 e. The van der Waals surface area contributed by atoms with E-state index in [0.29, 0.717) is 24.6 Å². The summed E-state index contributed by atoms with van der Waals surface area (Å²) in [5, 5.41) is 12.1. The van der Waals surface area contributed by atoms with Crippen LogP contribution in [-0.2, 0) is 17.8 Å². The molecule has 6 heteroatoms. The topological polar surface area (TPSA) is 81.9 Å². The van der Waals surface area contributed by atoms with E-state index in [-0.39, 0.29) is 11.8 Å². The maximum absolute atomic E-state index is 12.4. The molecule has 0 bridgehead atoms. The lowest BCUT2D eigenvalue weighted by Crippen LogP contribution is -2.39. The Morgan fingerprint density at radius 3 is 3.08 bits per heavy atom. The van der Waals surface area contributed by atoms with E-state index in [2.05, 4.69) is 21.4 Å². The molecule has 0 spiro atoms. The van der Waals surface area contributed by atoms with Crippen LogP contribution in [0.2, 0.25) is 0 Å². The lowest BCUT2D eigenvalue weighted by Gasteiger charge is -2.30. The molecular weight excluding hydrogens is 314 g/mol. The van der Waals surface area contributed by atoms with Crippen LogP contribution in [0, 0.1) is 17.2 Å². The summed E-state index contributed by atoms with van der Waals surface area (Å²) in [6.07, 6.45) is 3.37. The number of anilines is 2. The Balaban J connectivity index is 1.74. The van der Waals surface area contributed by atoms with Crippen molar-refractivity contribution in [2.24, 2.45) is 5.92 Å². The lowest BCUT2D eigenvalue weighted by atomic mass is 10.0. The maximum atomic E-state index is 12.4. The van der Waals surface area contributed by atoms with E-state index < -0.39 is 0 Å². The fraction of sp³-hybridized carbons (Fsp3) is 0.368. The van der Waals surface area contributed by atoms with E-state index in [0.717, 1.165) is 29.8 Å². The molecule has 1 N–H and O–H groups in total. The van der Waals surface area contributed by atoms with Crippen LogP contribution < -0.4 is 5.32 Å². The van der Waals surface area contributed by atoms with Gasteiger partial charge in [-0.1, -0.05) is 19.9 Å². The number of rotatable bonds is 4. The van der Waals surface area contributed by atoms with Crippen molar-refractivity contribution in [1.29, 1.82) is 5.26 Å². The van der Waals surface area contributed by atoms with Crippen LogP contribution in [0.3, 0.4) is 0 Å². The Hall–Kier alpha value is -2.94. The fourth-order valence-electron chi connectivity index (χ4n) is 2.85. The third-order valence-electron chi connectivity index (χ3n) is 4.53. The molecule has 0 saturated heterocycles. The van der Waals surface area contributed by atoms with Gasteiger partial charge in [0.15, 0.2) is 0 Å². The number of benzene rings is 1. The van der Waals surface area contributed by atoms with Crippen LogP contribution in [0.1, 0.15) is 37.1 Å². The van der Waals surface area contributed by atoms with Gasteiger partial charge in [-0.3, -0.25) is 4.79 Å². The molecule has 128 valence electrons. The molecule has 0 fully saturated rings. The number of carbonyl (C=O) groups is 1. The van der Waals surface area contributed by atoms with Gasteiger partial charge in [0.1, 0.15) is 0 Å². The monoisotopic (exact) mass is 335 g/mol. The molecular formula is C19H21N5O. The molecule has 2 aromatic rings. The Labute approximate surface area is 147 Å². The first-order valence-electron chi connectivity index (χ1n) is 8.51. The average molecular weight is 335 g/mol. The second-order valence-electron chi connectivity index (χ2n) is 6.30. The minimum atomic E-state index is 0.0517. The van der Waals surface area contributed by atoms with Crippen LogP contribution >= 0.6 is 0 Å². The average Bonchev–Trinajstić information content (AvgIpc) is 2.66. The predicted octanol–water partition coefficient (Wildman–Crippen LogP) is 3.02. The SMILES string of the molecule is CCC(C)C(=O)N1CCc2nc(Nc3cccc(C#N)c3)ncc2C1. The van der Waals surface area contributed by atoms with Gasteiger partial charge in [-0.05, 0) is 24.6 Å². The van der Waals surface area contributed by atoms with Gasteiger partial charge < -0.3 is 10.2 Å². The van der Waals surface area contributed by atoms with Crippen LogP contribution in [0.15, 0.2) is 30.5 Å². The molecule has 6 nitrogen and oxygen atoms in total. The number of hydrogen-bond donors (Lipinski definition) is 1. The molecule has 1 amide bonds.